The summed E-state index contributed by atoms with van der Waals surface area (Å²) in [6.07, 6.45) is 2.79. The lowest BCUT2D eigenvalue weighted by atomic mass is 9.59. The molecule has 0 aromatic carbocycles. The van der Waals surface area contributed by atoms with Gasteiger partial charge in [0, 0.05) is 6.61 Å². The monoisotopic (exact) mass is 252 g/mol. The Morgan fingerprint density at radius 2 is 2.11 bits per heavy atom. The van der Waals surface area contributed by atoms with Crippen LogP contribution in [0.1, 0.15) is 40.5 Å². The van der Waals surface area contributed by atoms with Gasteiger partial charge in [0.25, 0.3) is 0 Å². The van der Waals surface area contributed by atoms with E-state index in [2.05, 4.69) is 6.92 Å². The Kier molecular flexibility index (Phi) is 3.19. The number of aldehydes is 1. The lowest BCUT2D eigenvalue weighted by molar-refractivity contribution is -0.107. The number of fused-ring (bicyclic) bond motifs is 2. The zero-order valence-corrected chi connectivity index (χ0v) is 11.7. The predicted molar refractivity (Wildman–Crippen MR) is 70.0 cm³/mol. The molecule has 2 rings (SSSR count). The molecule has 2 aliphatic rings. The highest BCUT2D eigenvalue weighted by molar-refractivity contribution is 5.77. The first kappa shape index (κ1) is 13.8. The van der Waals surface area contributed by atoms with Crippen LogP contribution in [0.4, 0.5) is 0 Å². The number of hydrogen-bond acceptors (Lipinski definition) is 3. The first-order chi connectivity index (χ1) is 8.27. The Morgan fingerprint density at radius 1 is 1.50 bits per heavy atom. The smallest absolute Gasteiger partial charge is 0.146 e. The maximum Gasteiger partial charge on any atom is 0.146 e. The van der Waals surface area contributed by atoms with Crippen LogP contribution in [0.15, 0.2) is 11.1 Å². The summed E-state index contributed by atoms with van der Waals surface area (Å²) in [4.78, 5) is 11.4. The van der Waals surface area contributed by atoms with Crippen molar-refractivity contribution in [3.63, 3.8) is 0 Å². The molecule has 0 aliphatic heterocycles. The van der Waals surface area contributed by atoms with Crippen molar-refractivity contribution in [2.45, 2.75) is 46.1 Å². The molecular weight excluding hydrogens is 228 g/mol. The van der Waals surface area contributed by atoms with Crippen molar-refractivity contribution in [1.82, 2.24) is 0 Å². The van der Waals surface area contributed by atoms with E-state index in [9.17, 15) is 15.0 Å². The molecule has 0 heterocycles. The number of carbonyl (C=O) groups is 1. The third-order valence-electron chi connectivity index (χ3n) is 5.54. The van der Waals surface area contributed by atoms with E-state index in [4.69, 9.17) is 0 Å². The van der Waals surface area contributed by atoms with E-state index in [1.807, 2.05) is 20.8 Å². The van der Waals surface area contributed by atoms with Crippen molar-refractivity contribution < 1.29 is 15.0 Å². The minimum atomic E-state index is -0.807. The Bertz CT molecular complexity index is 391. The van der Waals surface area contributed by atoms with Crippen molar-refractivity contribution >= 4 is 6.29 Å². The molecular formula is C15H24O3. The van der Waals surface area contributed by atoms with Gasteiger partial charge in [0.05, 0.1) is 5.60 Å². The molecule has 0 aromatic rings. The van der Waals surface area contributed by atoms with Crippen molar-refractivity contribution in [1.29, 1.82) is 0 Å². The molecule has 2 bridgehead atoms. The maximum absolute atomic E-state index is 11.4. The second-order valence-electron chi connectivity index (χ2n) is 6.73. The van der Waals surface area contributed by atoms with Gasteiger partial charge in [-0.05, 0) is 62.4 Å². The van der Waals surface area contributed by atoms with E-state index >= 15 is 0 Å². The summed E-state index contributed by atoms with van der Waals surface area (Å²) in [5, 5.41) is 20.1. The summed E-state index contributed by atoms with van der Waals surface area (Å²) in [5.74, 6) is 0.134. The van der Waals surface area contributed by atoms with Gasteiger partial charge in [-0.1, -0.05) is 12.5 Å². The molecule has 102 valence electrons. The zero-order valence-electron chi connectivity index (χ0n) is 11.7. The molecule has 0 radical (unpaired) electrons. The van der Waals surface area contributed by atoms with E-state index in [0.717, 1.165) is 30.3 Å². The van der Waals surface area contributed by atoms with Crippen LogP contribution in [0, 0.1) is 23.2 Å². The summed E-state index contributed by atoms with van der Waals surface area (Å²) in [6, 6.07) is 0. The van der Waals surface area contributed by atoms with Gasteiger partial charge in [0.15, 0.2) is 0 Å². The maximum atomic E-state index is 11.4. The van der Waals surface area contributed by atoms with Crippen molar-refractivity contribution in [2.24, 2.45) is 23.2 Å². The van der Waals surface area contributed by atoms with Gasteiger partial charge in [-0.25, -0.2) is 0 Å². The van der Waals surface area contributed by atoms with E-state index in [1.54, 1.807) is 0 Å². The highest BCUT2D eigenvalue weighted by Gasteiger charge is 2.56. The van der Waals surface area contributed by atoms with E-state index in [-0.39, 0.29) is 29.8 Å². The Labute approximate surface area is 109 Å². The molecule has 4 atom stereocenters. The number of allylic oxidation sites excluding steroid dienone is 2. The fourth-order valence-corrected chi connectivity index (χ4v) is 4.25. The molecule has 2 aliphatic carbocycles. The molecule has 1 unspecified atom stereocenters. The topological polar surface area (TPSA) is 57.5 Å². The van der Waals surface area contributed by atoms with Gasteiger partial charge in [0.1, 0.15) is 6.29 Å². The quantitative estimate of drug-likeness (QED) is 0.755. The van der Waals surface area contributed by atoms with Gasteiger partial charge in [-0.15, -0.1) is 0 Å². The summed E-state index contributed by atoms with van der Waals surface area (Å²) in [5.41, 5.74) is 1.06. The minimum Gasteiger partial charge on any atom is -0.396 e. The van der Waals surface area contributed by atoms with Crippen LogP contribution in [0.2, 0.25) is 0 Å². The molecule has 3 heteroatoms. The number of hydrogen-bond donors (Lipinski definition) is 2. The van der Waals surface area contributed by atoms with Crippen molar-refractivity contribution in [3.8, 4) is 0 Å². The Hall–Kier alpha value is -0.670. The molecule has 2 N–H and O–H groups in total. The summed E-state index contributed by atoms with van der Waals surface area (Å²) >= 11 is 0. The van der Waals surface area contributed by atoms with E-state index < -0.39 is 5.60 Å². The van der Waals surface area contributed by atoms with Crippen molar-refractivity contribution in [2.75, 3.05) is 6.61 Å². The fourth-order valence-electron chi connectivity index (χ4n) is 4.25. The second-order valence-corrected chi connectivity index (χ2v) is 6.73. The average molecular weight is 252 g/mol. The first-order valence-electron chi connectivity index (χ1n) is 6.77. The minimum absolute atomic E-state index is 0.00579. The molecule has 1 fully saturated rings. The molecule has 18 heavy (non-hydrogen) atoms. The van der Waals surface area contributed by atoms with Gasteiger partial charge in [-0.2, -0.15) is 0 Å². The van der Waals surface area contributed by atoms with Gasteiger partial charge >= 0.3 is 0 Å². The number of carbonyl (C=O) groups excluding carboxylic acids is 1. The first-order valence-corrected chi connectivity index (χ1v) is 6.77. The van der Waals surface area contributed by atoms with Gasteiger partial charge < -0.3 is 10.2 Å². The molecule has 0 saturated heterocycles. The van der Waals surface area contributed by atoms with Crippen LogP contribution < -0.4 is 0 Å². The number of aliphatic hydroxyl groups excluding tert-OH is 1. The van der Waals surface area contributed by atoms with Crippen molar-refractivity contribution in [3.05, 3.63) is 11.1 Å². The Morgan fingerprint density at radius 3 is 2.56 bits per heavy atom. The van der Waals surface area contributed by atoms with Gasteiger partial charge in [0.2, 0.25) is 0 Å². The standard InChI is InChI=1S/C15H24O3/c1-9-10(7-16)13-11(14(2,3)18)5-6-15(9,4)12(13)8-17/h7,11-13,17-18H,5-6,8H2,1-4H3/t11-,12?,13-,15-/m0/s1. The summed E-state index contributed by atoms with van der Waals surface area (Å²) in [6.45, 7) is 7.87. The largest absolute Gasteiger partial charge is 0.396 e. The SMILES string of the molecule is CC1=C(C=O)[C@@H]2C(CO)[C@@]1(C)CC[C@@H]2C(C)(C)O. The zero-order chi connectivity index (χ0) is 13.7. The molecule has 3 nitrogen and oxygen atoms in total. The highest BCUT2D eigenvalue weighted by Crippen LogP contribution is 2.61. The normalized spacial score (nSPS) is 40.2. The third-order valence-corrected chi connectivity index (χ3v) is 5.54. The van der Waals surface area contributed by atoms with Crippen LogP contribution in [0.5, 0.6) is 0 Å². The molecule has 0 aromatic heterocycles. The second kappa shape index (κ2) is 4.17. The van der Waals surface area contributed by atoms with Crippen LogP contribution >= 0.6 is 0 Å². The lowest BCUT2D eigenvalue weighted by Gasteiger charge is -2.47. The molecule has 0 amide bonds. The Balaban J connectivity index is 2.51. The van der Waals surface area contributed by atoms with Gasteiger partial charge in [-0.3, -0.25) is 4.79 Å². The van der Waals surface area contributed by atoms with E-state index in [1.165, 1.54) is 0 Å². The summed E-state index contributed by atoms with van der Waals surface area (Å²) < 4.78 is 0. The number of rotatable bonds is 3. The average Bonchev–Trinajstić information content (AvgIpc) is 2.40. The predicted octanol–water partition coefficient (Wildman–Crippen LogP) is 1.93. The third kappa shape index (κ3) is 1.68. The van der Waals surface area contributed by atoms with Crippen LogP contribution in [-0.4, -0.2) is 28.7 Å². The summed E-state index contributed by atoms with van der Waals surface area (Å²) in [7, 11) is 0. The van der Waals surface area contributed by atoms with Crippen LogP contribution in [-0.2, 0) is 4.79 Å². The fraction of sp³-hybridized carbons (Fsp3) is 0.800. The molecule has 0 spiro atoms. The van der Waals surface area contributed by atoms with Crippen LogP contribution in [0.3, 0.4) is 0 Å². The molecule has 1 saturated carbocycles. The highest BCUT2D eigenvalue weighted by atomic mass is 16.3. The lowest BCUT2D eigenvalue weighted by Crippen LogP contribution is -2.46. The number of aliphatic hydroxyl groups is 2. The van der Waals surface area contributed by atoms with E-state index in [0.29, 0.717) is 0 Å². The van der Waals surface area contributed by atoms with Crippen LogP contribution in [0.25, 0.3) is 0 Å².